The summed E-state index contributed by atoms with van der Waals surface area (Å²) < 4.78 is 9.62. The minimum Gasteiger partial charge on any atom is -0.508 e. The second-order valence-electron chi connectivity index (χ2n) is 8.98. The predicted molar refractivity (Wildman–Crippen MR) is 141 cm³/mol. The van der Waals surface area contributed by atoms with E-state index in [1.54, 1.807) is 18.2 Å². The molecular weight excluding hydrogens is 494 g/mol. The highest BCUT2D eigenvalue weighted by atomic mass is 32.1. The molecule has 6 N–H and O–H groups in total. The van der Waals surface area contributed by atoms with Crippen molar-refractivity contribution in [2.75, 3.05) is 23.8 Å². The second kappa shape index (κ2) is 11.0. The highest BCUT2D eigenvalue weighted by Gasteiger charge is 2.37. The van der Waals surface area contributed by atoms with E-state index in [0.29, 0.717) is 17.9 Å². The molecule has 4 rings (SSSR count). The number of carbonyl (C=O) groups excluding carboxylic acids is 3. The van der Waals surface area contributed by atoms with Crippen LogP contribution in [0.25, 0.3) is 0 Å². The Bertz CT molecular complexity index is 1320. The van der Waals surface area contributed by atoms with Crippen LogP contribution in [-0.4, -0.2) is 46.5 Å². The van der Waals surface area contributed by atoms with E-state index in [0.717, 1.165) is 35.5 Å². The van der Waals surface area contributed by atoms with Gasteiger partial charge in [-0.05, 0) is 73.1 Å². The number of hydrogen-bond donors (Lipinski definition) is 4. The average Bonchev–Trinajstić information content (AvgIpc) is 3.53. The van der Waals surface area contributed by atoms with Crippen LogP contribution < -0.4 is 21.7 Å². The van der Waals surface area contributed by atoms with Crippen LogP contribution in [0, 0.1) is 13.8 Å². The van der Waals surface area contributed by atoms with E-state index in [1.165, 1.54) is 17.0 Å². The molecular formula is C26H29N5O5S. The van der Waals surface area contributed by atoms with Crippen molar-refractivity contribution >= 4 is 40.6 Å². The van der Waals surface area contributed by atoms with Gasteiger partial charge in [0.25, 0.3) is 11.8 Å². The number of nitrogens with one attached hydrogen (secondary N) is 1. The molecule has 1 aliphatic heterocycles. The number of primary amides is 1. The third-order valence-electron chi connectivity index (χ3n) is 6.24. The highest BCUT2D eigenvalue weighted by Crippen LogP contribution is 2.35. The number of aromatic nitrogens is 1. The molecule has 2 aromatic carbocycles. The number of carbonyl (C=O) groups is 3. The van der Waals surface area contributed by atoms with Gasteiger partial charge in [0.15, 0.2) is 5.69 Å². The number of rotatable bonds is 8. The first-order valence-corrected chi connectivity index (χ1v) is 12.6. The van der Waals surface area contributed by atoms with Gasteiger partial charge in [-0.2, -0.15) is 4.37 Å². The minimum atomic E-state index is -1.13. The van der Waals surface area contributed by atoms with Gasteiger partial charge in [-0.15, -0.1) is 0 Å². The van der Waals surface area contributed by atoms with Crippen molar-refractivity contribution < 1.29 is 24.2 Å². The van der Waals surface area contributed by atoms with Gasteiger partial charge < -0.3 is 26.6 Å². The van der Waals surface area contributed by atoms with Crippen LogP contribution in [0.3, 0.4) is 0 Å². The van der Waals surface area contributed by atoms with Crippen molar-refractivity contribution in [3.8, 4) is 5.75 Å². The normalized spacial score (nSPS) is 15.8. The maximum absolute atomic E-state index is 14.1. The molecule has 2 heterocycles. The molecule has 1 fully saturated rings. The number of aromatic hydroxyl groups is 1. The van der Waals surface area contributed by atoms with Crippen molar-refractivity contribution in [2.45, 2.75) is 38.8 Å². The molecule has 0 saturated carbocycles. The van der Waals surface area contributed by atoms with E-state index in [2.05, 4.69) is 9.69 Å². The lowest BCUT2D eigenvalue weighted by atomic mass is 10.00. The predicted octanol–water partition coefficient (Wildman–Crippen LogP) is 2.83. The molecule has 3 amide bonds. The zero-order valence-electron chi connectivity index (χ0n) is 20.6. The summed E-state index contributed by atoms with van der Waals surface area (Å²) >= 11 is 0.747. The summed E-state index contributed by atoms with van der Waals surface area (Å²) in [7, 11) is 0. The lowest BCUT2D eigenvalue weighted by Crippen LogP contribution is -2.46. The maximum atomic E-state index is 14.1. The van der Waals surface area contributed by atoms with E-state index >= 15 is 0 Å². The maximum Gasteiger partial charge on any atom is 0.273 e. The fourth-order valence-corrected chi connectivity index (χ4v) is 5.02. The highest BCUT2D eigenvalue weighted by molar-refractivity contribution is 7.09. The van der Waals surface area contributed by atoms with E-state index < -0.39 is 23.8 Å². The summed E-state index contributed by atoms with van der Waals surface area (Å²) in [4.78, 5) is 41.0. The first-order valence-electron chi connectivity index (χ1n) is 11.8. The summed E-state index contributed by atoms with van der Waals surface area (Å²) in [6, 6.07) is 10.5. The Morgan fingerprint density at radius 3 is 2.57 bits per heavy atom. The van der Waals surface area contributed by atoms with Gasteiger partial charge >= 0.3 is 0 Å². The molecule has 0 spiro atoms. The molecule has 37 heavy (non-hydrogen) atoms. The fraction of sp³-hybridized carbons (Fsp3) is 0.308. The third kappa shape index (κ3) is 5.57. The van der Waals surface area contributed by atoms with Crippen molar-refractivity contribution in [3.63, 3.8) is 0 Å². The number of ether oxygens (including phenoxy) is 1. The monoisotopic (exact) mass is 523 g/mol. The van der Waals surface area contributed by atoms with Crippen LogP contribution in [0.5, 0.6) is 5.75 Å². The molecule has 10 nitrogen and oxygen atoms in total. The van der Waals surface area contributed by atoms with Gasteiger partial charge in [0.1, 0.15) is 16.7 Å². The van der Waals surface area contributed by atoms with Crippen molar-refractivity contribution in [1.29, 1.82) is 0 Å². The number of nitrogens with two attached hydrogens (primary N) is 2. The minimum absolute atomic E-state index is 0.00888. The number of nitrogen functional groups attached to an aromatic ring is 1. The summed E-state index contributed by atoms with van der Waals surface area (Å²) in [6.07, 6.45) is 1.64. The van der Waals surface area contributed by atoms with Gasteiger partial charge in [0, 0.05) is 18.8 Å². The second-order valence-corrected chi connectivity index (χ2v) is 9.75. The molecule has 1 aliphatic rings. The third-order valence-corrected chi connectivity index (χ3v) is 7.09. The van der Waals surface area contributed by atoms with Crippen LogP contribution in [0.15, 0.2) is 42.5 Å². The Labute approximate surface area is 218 Å². The molecule has 0 unspecified atom stereocenters. The van der Waals surface area contributed by atoms with E-state index in [-0.39, 0.29) is 34.7 Å². The Morgan fingerprint density at radius 2 is 1.95 bits per heavy atom. The molecule has 11 heteroatoms. The summed E-state index contributed by atoms with van der Waals surface area (Å²) in [5, 5.41) is 12.8. The fourth-order valence-electron chi connectivity index (χ4n) is 4.27. The van der Waals surface area contributed by atoms with Gasteiger partial charge in [-0.3, -0.25) is 19.3 Å². The summed E-state index contributed by atoms with van der Waals surface area (Å²) in [6.45, 7) is 4.64. The average molecular weight is 524 g/mol. The number of phenols is 1. The van der Waals surface area contributed by atoms with E-state index in [1.807, 2.05) is 26.0 Å². The molecule has 194 valence electrons. The van der Waals surface area contributed by atoms with E-state index in [9.17, 15) is 19.5 Å². The number of anilines is 2. The molecule has 0 aliphatic carbocycles. The molecule has 3 aromatic rings. The van der Waals surface area contributed by atoms with Gasteiger partial charge in [0.2, 0.25) is 5.91 Å². The summed E-state index contributed by atoms with van der Waals surface area (Å²) in [5.74, 6) is -1.88. The number of hydrogen-bond acceptors (Lipinski definition) is 8. The Balaban J connectivity index is 1.84. The van der Waals surface area contributed by atoms with Crippen LogP contribution >= 0.6 is 11.5 Å². The van der Waals surface area contributed by atoms with Gasteiger partial charge in [-0.25, -0.2) is 0 Å². The van der Waals surface area contributed by atoms with Gasteiger partial charge in [-0.1, -0.05) is 24.3 Å². The molecule has 1 saturated heterocycles. The first kappa shape index (κ1) is 26.1. The number of nitrogens with zero attached hydrogens (tertiary/aromatic N) is 2. The first-order chi connectivity index (χ1) is 17.7. The standard InChI is InChI=1S/C26H29N5O5S/c1-14-5-6-15(2)19(12-14)31(26(35)23-20(27)21(24(28)33)30-37-23)22(16-7-9-17(32)10-8-16)25(34)29-13-18-4-3-11-36-18/h5-10,12,18,22,32H,3-4,11,13,27H2,1-2H3,(H2,28,33)(H,29,34)/t18-,22+/m1/s1. The smallest absolute Gasteiger partial charge is 0.273 e. The summed E-state index contributed by atoms with van der Waals surface area (Å²) in [5.41, 5.74) is 13.7. The zero-order chi connectivity index (χ0) is 26.7. The van der Waals surface area contributed by atoms with Crippen molar-refractivity contribution in [3.05, 3.63) is 69.7 Å². The molecule has 1 aromatic heterocycles. The molecule has 0 radical (unpaired) electrons. The quantitative estimate of drug-likeness (QED) is 0.353. The largest absolute Gasteiger partial charge is 0.508 e. The number of aryl methyl sites for hydroxylation is 2. The Hall–Kier alpha value is -3.96. The molecule has 0 bridgehead atoms. The number of amides is 3. The Kier molecular flexibility index (Phi) is 7.74. The van der Waals surface area contributed by atoms with Crippen LogP contribution in [0.1, 0.15) is 55.7 Å². The van der Waals surface area contributed by atoms with Crippen LogP contribution in [0.4, 0.5) is 11.4 Å². The number of phenolic OH excluding ortho intramolecular Hbond substituents is 1. The lowest BCUT2D eigenvalue weighted by molar-refractivity contribution is -0.123. The Morgan fingerprint density at radius 1 is 1.22 bits per heavy atom. The SMILES string of the molecule is Cc1ccc(C)c(N(C(=O)c2snc(C(N)=O)c2N)[C@H](C(=O)NC[C@H]2CCCO2)c2ccc(O)cc2)c1. The number of benzene rings is 2. The van der Waals surface area contributed by atoms with Crippen LogP contribution in [0.2, 0.25) is 0 Å². The van der Waals surface area contributed by atoms with Crippen molar-refractivity contribution in [2.24, 2.45) is 5.73 Å². The lowest BCUT2D eigenvalue weighted by Gasteiger charge is -2.33. The van der Waals surface area contributed by atoms with Crippen LogP contribution in [-0.2, 0) is 9.53 Å². The van der Waals surface area contributed by atoms with Gasteiger partial charge in [0.05, 0.1) is 11.8 Å². The molecule has 2 atom stereocenters. The van der Waals surface area contributed by atoms with Crippen molar-refractivity contribution in [1.82, 2.24) is 9.69 Å². The zero-order valence-corrected chi connectivity index (χ0v) is 21.4. The van der Waals surface area contributed by atoms with E-state index in [4.69, 9.17) is 16.2 Å². The topological polar surface area (TPSA) is 161 Å².